The molecule has 3 heteroatoms. The predicted octanol–water partition coefficient (Wildman–Crippen LogP) is 0.522. The monoisotopic (exact) mass is 181 g/mol. The standard InChI is InChI=1S/C10H15NO2/c12-8-7-3-1-4-10(7)5-2-6-11(10)9(8)13/h7-8,12H,1-6H2/t7-,8+,10+/m1/s1. The molecule has 0 unspecified atom stereocenters. The molecule has 0 bridgehead atoms. The van der Waals surface area contributed by atoms with E-state index in [4.69, 9.17) is 0 Å². The summed E-state index contributed by atoms with van der Waals surface area (Å²) >= 11 is 0. The summed E-state index contributed by atoms with van der Waals surface area (Å²) in [7, 11) is 0. The summed E-state index contributed by atoms with van der Waals surface area (Å²) in [5, 5.41) is 9.78. The molecule has 72 valence electrons. The van der Waals surface area contributed by atoms with Crippen LogP contribution < -0.4 is 0 Å². The van der Waals surface area contributed by atoms with Crippen molar-refractivity contribution < 1.29 is 9.90 Å². The van der Waals surface area contributed by atoms with Crippen molar-refractivity contribution in [2.75, 3.05) is 6.54 Å². The van der Waals surface area contributed by atoms with Gasteiger partial charge >= 0.3 is 0 Å². The predicted molar refractivity (Wildman–Crippen MR) is 47.0 cm³/mol. The summed E-state index contributed by atoms with van der Waals surface area (Å²) in [5.41, 5.74) is 0.0938. The average Bonchev–Trinajstić information content (AvgIpc) is 2.75. The van der Waals surface area contributed by atoms with E-state index in [1.807, 2.05) is 4.90 Å². The average molecular weight is 181 g/mol. The Balaban J connectivity index is 2.05. The summed E-state index contributed by atoms with van der Waals surface area (Å²) in [6, 6.07) is 0. The lowest BCUT2D eigenvalue weighted by molar-refractivity contribution is -0.136. The maximum absolute atomic E-state index is 11.7. The van der Waals surface area contributed by atoms with Crippen molar-refractivity contribution in [1.82, 2.24) is 4.90 Å². The van der Waals surface area contributed by atoms with E-state index >= 15 is 0 Å². The Labute approximate surface area is 77.7 Å². The summed E-state index contributed by atoms with van der Waals surface area (Å²) in [4.78, 5) is 13.6. The van der Waals surface area contributed by atoms with Gasteiger partial charge < -0.3 is 10.0 Å². The van der Waals surface area contributed by atoms with Gasteiger partial charge in [-0.15, -0.1) is 0 Å². The molecule has 1 aliphatic carbocycles. The van der Waals surface area contributed by atoms with Crippen LogP contribution in [0.1, 0.15) is 32.1 Å². The molecule has 3 rings (SSSR count). The Morgan fingerprint density at radius 2 is 2.15 bits per heavy atom. The van der Waals surface area contributed by atoms with Gasteiger partial charge in [-0.25, -0.2) is 0 Å². The van der Waals surface area contributed by atoms with Crippen LogP contribution in [-0.4, -0.2) is 34.1 Å². The molecule has 3 fully saturated rings. The fraction of sp³-hybridized carbons (Fsp3) is 0.900. The van der Waals surface area contributed by atoms with Crippen LogP contribution in [0.2, 0.25) is 0 Å². The molecule has 1 saturated carbocycles. The fourth-order valence-electron chi connectivity index (χ4n) is 3.74. The smallest absolute Gasteiger partial charge is 0.252 e. The van der Waals surface area contributed by atoms with Gasteiger partial charge in [-0.2, -0.15) is 0 Å². The van der Waals surface area contributed by atoms with Crippen LogP contribution >= 0.6 is 0 Å². The maximum Gasteiger partial charge on any atom is 0.252 e. The third kappa shape index (κ3) is 0.725. The zero-order valence-electron chi connectivity index (χ0n) is 7.70. The molecule has 2 saturated heterocycles. The number of aliphatic hydroxyl groups is 1. The van der Waals surface area contributed by atoms with E-state index in [-0.39, 0.29) is 17.4 Å². The van der Waals surface area contributed by atoms with Gasteiger partial charge in [0.05, 0.1) is 0 Å². The first kappa shape index (κ1) is 7.80. The molecule has 0 aromatic rings. The van der Waals surface area contributed by atoms with Crippen molar-refractivity contribution in [1.29, 1.82) is 0 Å². The van der Waals surface area contributed by atoms with E-state index in [0.717, 1.165) is 32.2 Å². The van der Waals surface area contributed by atoms with Crippen LogP contribution in [0.5, 0.6) is 0 Å². The zero-order valence-corrected chi connectivity index (χ0v) is 7.70. The Bertz CT molecular complexity index is 262. The largest absolute Gasteiger partial charge is 0.383 e. The maximum atomic E-state index is 11.7. The van der Waals surface area contributed by atoms with E-state index in [9.17, 15) is 9.90 Å². The van der Waals surface area contributed by atoms with E-state index in [0.29, 0.717) is 0 Å². The number of amides is 1. The highest BCUT2D eigenvalue weighted by Gasteiger charge is 2.61. The minimum absolute atomic E-state index is 0.00204. The first-order valence-electron chi connectivity index (χ1n) is 5.25. The van der Waals surface area contributed by atoms with Gasteiger partial charge in [0.2, 0.25) is 0 Å². The van der Waals surface area contributed by atoms with E-state index in [1.54, 1.807) is 0 Å². The third-order valence-corrected chi connectivity index (χ3v) is 4.24. The molecule has 1 N–H and O–H groups in total. The minimum Gasteiger partial charge on any atom is -0.383 e. The highest BCUT2D eigenvalue weighted by molar-refractivity contribution is 5.85. The van der Waals surface area contributed by atoms with Crippen LogP contribution in [0.15, 0.2) is 0 Å². The second-order valence-electron chi connectivity index (χ2n) is 4.64. The second kappa shape index (κ2) is 2.27. The zero-order chi connectivity index (χ0) is 9.05. The minimum atomic E-state index is -0.678. The summed E-state index contributed by atoms with van der Waals surface area (Å²) < 4.78 is 0. The Kier molecular flexibility index (Phi) is 1.36. The SMILES string of the molecule is O=C1[C@@H](O)[C@H]2CCC[C@]23CCCN13. The fourth-order valence-corrected chi connectivity index (χ4v) is 3.74. The molecule has 0 aromatic heterocycles. The van der Waals surface area contributed by atoms with Gasteiger partial charge in [0.15, 0.2) is 0 Å². The topological polar surface area (TPSA) is 40.5 Å². The quantitative estimate of drug-likeness (QED) is 0.592. The molecule has 0 aromatic carbocycles. The molecule has 3 nitrogen and oxygen atoms in total. The van der Waals surface area contributed by atoms with Crippen LogP contribution in [0.25, 0.3) is 0 Å². The molecule has 2 heterocycles. The number of nitrogens with zero attached hydrogens (tertiary/aromatic N) is 1. The van der Waals surface area contributed by atoms with Gasteiger partial charge in [-0.05, 0) is 25.7 Å². The van der Waals surface area contributed by atoms with Gasteiger partial charge in [0, 0.05) is 18.0 Å². The second-order valence-corrected chi connectivity index (χ2v) is 4.64. The molecule has 3 aliphatic rings. The number of hydrogen-bond acceptors (Lipinski definition) is 2. The lowest BCUT2D eigenvalue weighted by Gasteiger charge is -2.31. The van der Waals surface area contributed by atoms with Crippen molar-refractivity contribution in [3.8, 4) is 0 Å². The summed E-state index contributed by atoms with van der Waals surface area (Å²) in [5.74, 6) is 0.254. The molecular weight excluding hydrogens is 166 g/mol. The molecule has 1 amide bonds. The highest BCUT2D eigenvalue weighted by Crippen LogP contribution is 2.53. The summed E-state index contributed by atoms with van der Waals surface area (Å²) in [6.45, 7) is 0.881. The molecule has 2 aliphatic heterocycles. The number of carbonyl (C=O) groups excluding carboxylic acids is 1. The van der Waals surface area contributed by atoms with Crippen LogP contribution in [-0.2, 0) is 4.79 Å². The lowest BCUT2D eigenvalue weighted by Crippen LogP contribution is -2.41. The molecule has 13 heavy (non-hydrogen) atoms. The highest BCUT2D eigenvalue weighted by atomic mass is 16.3. The summed E-state index contributed by atoms with van der Waals surface area (Å²) in [6.07, 6.45) is 4.94. The van der Waals surface area contributed by atoms with Gasteiger partial charge in [-0.3, -0.25) is 4.79 Å². The lowest BCUT2D eigenvalue weighted by atomic mass is 9.85. The van der Waals surface area contributed by atoms with E-state index < -0.39 is 6.10 Å². The van der Waals surface area contributed by atoms with Gasteiger partial charge in [-0.1, -0.05) is 6.42 Å². The number of aliphatic hydroxyl groups excluding tert-OH is 1. The number of rotatable bonds is 0. The molecular formula is C10H15NO2. The van der Waals surface area contributed by atoms with Crippen molar-refractivity contribution in [2.24, 2.45) is 5.92 Å². The Morgan fingerprint density at radius 3 is 3.00 bits per heavy atom. The molecule has 1 spiro atoms. The van der Waals surface area contributed by atoms with Crippen molar-refractivity contribution in [3.63, 3.8) is 0 Å². The van der Waals surface area contributed by atoms with E-state index in [2.05, 4.69) is 0 Å². The first-order chi connectivity index (χ1) is 6.26. The third-order valence-electron chi connectivity index (χ3n) is 4.24. The van der Waals surface area contributed by atoms with E-state index in [1.165, 1.54) is 6.42 Å². The number of carbonyl (C=O) groups is 1. The number of hydrogen-bond donors (Lipinski definition) is 1. The normalized spacial score (nSPS) is 48.4. The first-order valence-corrected chi connectivity index (χ1v) is 5.25. The Hall–Kier alpha value is -0.570. The van der Waals surface area contributed by atoms with Crippen LogP contribution in [0.3, 0.4) is 0 Å². The van der Waals surface area contributed by atoms with Gasteiger partial charge in [0.1, 0.15) is 6.10 Å². The van der Waals surface area contributed by atoms with Crippen LogP contribution in [0, 0.1) is 5.92 Å². The van der Waals surface area contributed by atoms with Crippen molar-refractivity contribution >= 4 is 5.91 Å². The molecule has 0 radical (unpaired) electrons. The van der Waals surface area contributed by atoms with Crippen LogP contribution in [0.4, 0.5) is 0 Å². The molecule has 3 atom stereocenters. The van der Waals surface area contributed by atoms with Gasteiger partial charge in [0.25, 0.3) is 5.91 Å². The Morgan fingerprint density at radius 1 is 1.38 bits per heavy atom. The van der Waals surface area contributed by atoms with Crippen molar-refractivity contribution in [2.45, 2.75) is 43.7 Å². The van der Waals surface area contributed by atoms with Crippen molar-refractivity contribution in [3.05, 3.63) is 0 Å².